The predicted octanol–water partition coefficient (Wildman–Crippen LogP) is 3.24. The van der Waals surface area contributed by atoms with Crippen molar-refractivity contribution in [3.05, 3.63) is 59.2 Å². The fourth-order valence-corrected chi connectivity index (χ4v) is 1.85. The average Bonchev–Trinajstić information content (AvgIpc) is 2.40. The van der Waals surface area contributed by atoms with Gasteiger partial charge < -0.3 is 10.2 Å². The maximum atomic E-state index is 8.90. The Labute approximate surface area is 144 Å². The Morgan fingerprint density at radius 2 is 1.19 bits per heavy atom. The Morgan fingerprint density at radius 3 is 1.38 bits per heavy atom. The van der Waals surface area contributed by atoms with Gasteiger partial charge in [0.25, 0.3) is 0 Å². The Hall–Kier alpha value is -1.40. The molecule has 0 unspecified atom stereocenters. The minimum absolute atomic E-state index is 0. The number of aromatic nitrogens is 2. The van der Waals surface area contributed by atoms with Crippen LogP contribution in [0.5, 0.6) is 0 Å². The summed E-state index contributed by atoms with van der Waals surface area (Å²) in [7, 11) is 0. The zero-order valence-corrected chi connectivity index (χ0v) is 13.9. The summed E-state index contributed by atoms with van der Waals surface area (Å²) in [6, 6.07) is 6.96. The van der Waals surface area contributed by atoms with E-state index in [0.717, 1.165) is 11.4 Å². The van der Waals surface area contributed by atoms with Crippen molar-refractivity contribution in [2.45, 2.75) is 13.8 Å². The minimum Gasteiger partial charge on any atom is -0.498 e. The number of hydrogen-bond donors (Lipinski definition) is 2. The maximum Gasteiger partial charge on any atom is 0.190 e. The second-order valence-corrected chi connectivity index (χ2v) is 4.66. The van der Waals surface area contributed by atoms with E-state index in [-0.39, 0.29) is 27.2 Å². The third-order valence-corrected chi connectivity index (χ3v) is 2.91. The third kappa shape index (κ3) is 6.27. The van der Waals surface area contributed by atoms with Crippen LogP contribution in [-0.2, 0) is 17.1 Å². The van der Waals surface area contributed by atoms with Crippen LogP contribution in [-0.4, -0.2) is 30.3 Å². The molecule has 2 heterocycles. The standard InChI is InChI=1S/2C7H7NOS.Cu/c2*1-5-6(7(9)10)3-2-4-8-5;/h2*2-4H,1H3,(H,9,10);. The molecule has 0 spiro atoms. The van der Waals surface area contributed by atoms with Crippen molar-refractivity contribution in [3.63, 3.8) is 0 Å². The molecular formula is C14H14CuN2O2S2. The summed E-state index contributed by atoms with van der Waals surface area (Å²) in [4.78, 5) is 7.91. The third-order valence-electron chi connectivity index (χ3n) is 2.47. The summed E-state index contributed by atoms with van der Waals surface area (Å²) < 4.78 is 0. The van der Waals surface area contributed by atoms with Gasteiger partial charge in [0, 0.05) is 52.0 Å². The molecule has 21 heavy (non-hydrogen) atoms. The molecule has 0 amide bonds. The van der Waals surface area contributed by atoms with Crippen LogP contribution in [0.3, 0.4) is 0 Å². The van der Waals surface area contributed by atoms with E-state index in [9.17, 15) is 0 Å². The first-order chi connectivity index (χ1) is 9.43. The summed E-state index contributed by atoms with van der Waals surface area (Å²) in [5.74, 6) is 0. The maximum absolute atomic E-state index is 8.90. The predicted molar refractivity (Wildman–Crippen MR) is 86.6 cm³/mol. The molecule has 0 bridgehead atoms. The number of pyridine rings is 2. The van der Waals surface area contributed by atoms with E-state index in [1.54, 1.807) is 50.5 Å². The molecule has 0 aliphatic carbocycles. The smallest absolute Gasteiger partial charge is 0.190 e. The number of hydrogen-bond acceptors (Lipinski definition) is 4. The number of aliphatic hydroxyl groups is 2. The molecule has 1 radical (unpaired) electrons. The SMILES string of the molecule is Cc1ncccc1C(O)=S.Cc1ncccc1C(O)=S.[Cu]. The first-order valence-corrected chi connectivity index (χ1v) is 6.55. The molecule has 0 aliphatic heterocycles. The van der Waals surface area contributed by atoms with Crippen molar-refractivity contribution in [1.29, 1.82) is 0 Å². The molecule has 2 N–H and O–H groups in total. The van der Waals surface area contributed by atoms with Crippen LogP contribution in [0.2, 0.25) is 0 Å². The van der Waals surface area contributed by atoms with E-state index >= 15 is 0 Å². The molecular weight excluding hydrogens is 356 g/mol. The number of aliphatic hydroxyl groups excluding tert-OH is 2. The van der Waals surface area contributed by atoms with Crippen molar-refractivity contribution in [2.24, 2.45) is 0 Å². The van der Waals surface area contributed by atoms with E-state index in [4.69, 9.17) is 10.2 Å². The summed E-state index contributed by atoms with van der Waals surface area (Å²) in [6.45, 7) is 3.61. The van der Waals surface area contributed by atoms with Crippen LogP contribution in [0.25, 0.3) is 0 Å². The van der Waals surface area contributed by atoms with E-state index in [1.165, 1.54) is 0 Å². The van der Waals surface area contributed by atoms with Crippen molar-refractivity contribution in [3.8, 4) is 0 Å². The molecule has 2 aromatic rings. The van der Waals surface area contributed by atoms with Gasteiger partial charge in [0.1, 0.15) is 0 Å². The largest absolute Gasteiger partial charge is 0.498 e. The Morgan fingerprint density at radius 1 is 0.857 bits per heavy atom. The summed E-state index contributed by atoms with van der Waals surface area (Å²) in [5.41, 5.74) is 2.79. The first kappa shape index (κ1) is 19.6. The number of rotatable bonds is 2. The summed E-state index contributed by atoms with van der Waals surface area (Å²) in [6.07, 6.45) is 3.33. The van der Waals surface area contributed by atoms with Crippen LogP contribution in [0.1, 0.15) is 22.5 Å². The van der Waals surface area contributed by atoms with Crippen LogP contribution in [0, 0.1) is 13.8 Å². The van der Waals surface area contributed by atoms with Crippen molar-refractivity contribution in [1.82, 2.24) is 9.97 Å². The minimum atomic E-state index is -0.0920. The Bertz CT molecular complexity index is 580. The van der Waals surface area contributed by atoms with Crippen LogP contribution in [0.4, 0.5) is 0 Å². The molecule has 2 aromatic heterocycles. The van der Waals surface area contributed by atoms with Crippen LogP contribution in [0.15, 0.2) is 36.7 Å². The normalized spacial score (nSPS) is 8.86. The number of aryl methyl sites for hydroxylation is 2. The van der Waals surface area contributed by atoms with E-state index in [2.05, 4.69) is 34.4 Å². The van der Waals surface area contributed by atoms with Gasteiger partial charge in [-0.1, -0.05) is 0 Å². The molecule has 0 fully saturated rings. The molecule has 0 aliphatic rings. The molecule has 0 atom stereocenters. The van der Waals surface area contributed by atoms with Gasteiger partial charge in [-0.25, -0.2) is 0 Å². The average molecular weight is 370 g/mol. The van der Waals surface area contributed by atoms with Gasteiger partial charge in [0.15, 0.2) is 10.1 Å². The van der Waals surface area contributed by atoms with E-state index < -0.39 is 0 Å². The van der Waals surface area contributed by atoms with Gasteiger partial charge >= 0.3 is 0 Å². The van der Waals surface area contributed by atoms with E-state index in [0.29, 0.717) is 11.1 Å². The van der Waals surface area contributed by atoms with Crippen LogP contribution < -0.4 is 0 Å². The Kier molecular flexibility index (Phi) is 8.89. The molecule has 0 aromatic carbocycles. The molecule has 0 saturated carbocycles. The molecule has 0 saturated heterocycles. The first-order valence-electron chi connectivity index (χ1n) is 5.73. The van der Waals surface area contributed by atoms with Gasteiger partial charge in [-0.15, -0.1) is 0 Å². The van der Waals surface area contributed by atoms with Gasteiger partial charge in [-0.3, -0.25) is 9.97 Å². The zero-order chi connectivity index (χ0) is 15.1. The van der Waals surface area contributed by atoms with Gasteiger partial charge in [-0.2, -0.15) is 0 Å². The Balaban J connectivity index is 0.000000364. The van der Waals surface area contributed by atoms with Gasteiger partial charge in [0.2, 0.25) is 0 Å². The second kappa shape index (κ2) is 9.52. The fourth-order valence-electron chi connectivity index (χ4n) is 1.42. The molecule has 4 nitrogen and oxygen atoms in total. The van der Waals surface area contributed by atoms with Crippen molar-refractivity contribution < 1.29 is 27.3 Å². The van der Waals surface area contributed by atoms with Crippen molar-refractivity contribution >= 4 is 34.5 Å². The molecule has 7 heteroatoms. The summed E-state index contributed by atoms with van der Waals surface area (Å²) in [5, 5.41) is 17.6. The van der Waals surface area contributed by atoms with Gasteiger partial charge in [0.05, 0.1) is 0 Å². The summed E-state index contributed by atoms with van der Waals surface area (Å²) >= 11 is 9.13. The molecule has 115 valence electrons. The topological polar surface area (TPSA) is 66.2 Å². The number of nitrogens with zero attached hydrogens (tertiary/aromatic N) is 2. The fraction of sp³-hybridized carbons (Fsp3) is 0.143. The number of thiocarbonyl (C=S) groups is 2. The van der Waals surface area contributed by atoms with E-state index in [1.807, 2.05) is 0 Å². The monoisotopic (exact) mass is 369 g/mol. The van der Waals surface area contributed by atoms with Gasteiger partial charge in [-0.05, 0) is 62.5 Å². The van der Waals surface area contributed by atoms with Crippen molar-refractivity contribution in [2.75, 3.05) is 0 Å². The molecule has 2 rings (SSSR count). The second-order valence-electron chi connectivity index (χ2n) is 3.88. The quantitative estimate of drug-likeness (QED) is 0.625. The zero-order valence-electron chi connectivity index (χ0n) is 11.4. The van der Waals surface area contributed by atoms with Crippen LogP contribution >= 0.6 is 24.4 Å².